The van der Waals surface area contributed by atoms with E-state index in [4.69, 9.17) is 9.47 Å². The lowest BCUT2D eigenvalue weighted by molar-refractivity contribution is -0.943. The van der Waals surface area contributed by atoms with Crippen molar-refractivity contribution in [1.29, 1.82) is 0 Å². The summed E-state index contributed by atoms with van der Waals surface area (Å²) in [6, 6.07) is 0.846. The number of piperidine rings is 2. The fourth-order valence-corrected chi connectivity index (χ4v) is 12.3. The molecule has 4 saturated carbocycles. The molecule has 4 aliphatic carbocycles. The zero-order valence-electron chi connectivity index (χ0n) is 27.2. The Labute approximate surface area is 250 Å². The number of hydrogen-bond donors (Lipinski definition) is 0. The second-order valence-corrected chi connectivity index (χ2v) is 16.7. The first-order chi connectivity index (χ1) is 19.4. The molecule has 6 fully saturated rings. The van der Waals surface area contributed by atoms with Gasteiger partial charge in [0.05, 0.1) is 40.3 Å². The van der Waals surface area contributed by atoms with Crippen LogP contribution >= 0.6 is 0 Å². The molecule has 6 heteroatoms. The van der Waals surface area contributed by atoms with Gasteiger partial charge in [-0.15, -0.1) is 0 Å². The van der Waals surface area contributed by atoms with Gasteiger partial charge in [0, 0.05) is 32.1 Å². The lowest BCUT2D eigenvalue weighted by Crippen LogP contribution is -2.66. The summed E-state index contributed by atoms with van der Waals surface area (Å²) in [5, 5.41) is 0. The molecule has 0 spiro atoms. The van der Waals surface area contributed by atoms with Crippen molar-refractivity contribution in [2.45, 2.75) is 135 Å². The van der Waals surface area contributed by atoms with E-state index in [-0.39, 0.29) is 29.6 Å². The third-order valence-corrected chi connectivity index (χ3v) is 14.5. The Morgan fingerprint density at radius 3 is 1.85 bits per heavy atom. The van der Waals surface area contributed by atoms with Gasteiger partial charge in [-0.25, -0.2) is 0 Å². The number of rotatable bonds is 4. The highest BCUT2D eigenvalue weighted by molar-refractivity contribution is 5.66. The quantitative estimate of drug-likeness (QED) is 0.301. The Morgan fingerprint density at radius 1 is 0.683 bits per heavy atom. The maximum Gasteiger partial charge on any atom is 0.303 e. The molecule has 6 aliphatic rings. The average molecular weight is 573 g/mol. The SMILES string of the molecule is CC(=O)O[C@H]1C[C@@H]2CC[C@@H]3[C@@H](CC[C@@]4(C)[C@@H]3C[C@@H]([N+]3(C)CCCCC3)[C@H]4OC(C)=O)[C@@]2(C)C[C@@H]1[N+]1(C)CCCCC1. The van der Waals surface area contributed by atoms with Crippen molar-refractivity contribution in [3.63, 3.8) is 0 Å². The minimum Gasteiger partial charge on any atom is -0.456 e. The Balaban J connectivity index is 1.31. The first-order valence-electron chi connectivity index (χ1n) is 17.4. The number of hydrogen-bond acceptors (Lipinski definition) is 4. The van der Waals surface area contributed by atoms with E-state index in [9.17, 15) is 9.59 Å². The summed E-state index contributed by atoms with van der Waals surface area (Å²) in [5.41, 5.74) is 0.377. The average Bonchev–Trinajstić information content (AvgIpc) is 3.21. The molecule has 0 aromatic heterocycles. The Morgan fingerprint density at radius 2 is 1.27 bits per heavy atom. The van der Waals surface area contributed by atoms with Crippen LogP contribution in [0.5, 0.6) is 0 Å². The molecule has 0 aromatic rings. The highest BCUT2D eigenvalue weighted by Gasteiger charge is 2.68. The van der Waals surface area contributed by atoms with Crippen LogP contribution in [-0.2, 0) is 19.1 Å². The zero-order valence-corrected chi connectivity index (χ0v) is 27.2. The van der Waals surface area contributed by atoms with Crippen molar-refractivity contribution in [2.75, 3.05) is 40.3 Å². The maximum absolute atomic E-state index is 12.5. The van der Waals surface area contributed by atoms with Gasteiger partial charge in [0.2, 0.25) is 0 Å². The fraction of sp³-hybridized carbons (Fsp3) is 0.943. The molecule has 0 bridgehead atoms. The van der Waals surface area contributed by atoms with Crippen LogP contribution in [0.4, 0.5) is 0 Å². The molecule has 2 heterocycles. The van der Waals surface area contributed by atoms with Crippen LogP contribution in [0.3, 0.4) is 0 Å². The monoisotopic (exact) mass is 572 g/mol. The number of fused-ring (bicyclic) bond motifs is 5. The normalized spacial score (nSPS) is 46.9. The van der Waals surface area contributed by atoms with Crippen molar-refractivity contribution in [2.24, 2.45) is 34.5 Å². The summed E-state index contributed by atoms with van der Waals surface area (Å²) in [7, 11) is 4.94. The van der Waals surface area contributed by atoms with Crippen molar-refractivity contribution in [3.05, 3.63) is 0 Å². The van der Waals surface area contributed by atoms with Crippen LogP contribution in [0.25, 0.3) is 0 Å². The smallest absolute Gasteiger partial charge is 0.303 e. The number of carbonyl (C=O) groups is 2. The molecule has 0 radical (unpaired) electrons. The second-order valence-electron chi connectivity index (χ2n) is 16.7. The molecule has 0 N–H and O–H groups in total. The number of likely N-dealkylation sites (N-methyl/N-ethyl adjacent to an activating group) is 2. The minimum absolute atomic E-state index is 0.0462. The van der Waals surface area contributed by atoms with E-state index in [1.165, 1.54) is 103 Å². The highest BCUT2D eigenvalue weighted by Crippen LogP contribution is 2.68. The molecule has 2 aliphatic heterocycles. The summed E-state index contributed by atoms with van der Waals surface area (Å²) < 4.78 is 14.7. The van der Waals surface area contributed by atoms with Crippen molar-refractivity contribution in [3.8, 4) is 0 Å². The van der Waals surface area contributed by atoms with Gasteiger partial charge >= 0.3 is 11.9 Å². The predicted octanol–water partition coefficient (Wildman–Crippen LogP) is 6.11. The van der Waals surface area contributed by atoms with Crippen molar-refractivity contribution < 1.29 is 28.0 Å². The number of carbonyl (C=O) groups excluding carboxylic acids is 2. The van der Waals surface area contributed by atoms with Crippen molar-refractivity contribution in [1.82, 2.24) is 0 Å². The van der Waals surface area contributed by atoms with E-state index < -0.39 is 0 Å². The lowest BCUT2D eigenvalue weighted by Gasteiger charge is -2.63. The molecule has 0 aromatic carbocycles. The number of ether oxygens (including phenoxy) is 2. The van der Waals surface area contributed by atoms with Crippen LogP contribution in [0.2, 0.25) is 0 Å². The second kappa shape index (κ2) is 10.8. The van der Waals surface area contributed by atoms with E-state index in [2.05, 4.69) is 27.9 Å². The highest BCUT2D eigenvalue weighted by atomic mass is 16.5. The first-order valence-corrected chi connectivity index (χ1v) is 17.4. The van der Waals surface area contributed by atoms with Gasteiger partial charge in [-0.1, -0.05) is 13.8 Å². The largest absolute Gasteiger partial charge is 0.456 e. The molecule has 0 amide bonds. The molecule has 6 nitrogen and oxygen atoms in total. The molecule has 10 atom stereocenters. The summed E-state index contributed by atoms with van der Waals surface area (Å²) in [6.45, 7) is 13.3. The van der Waals surface area contributed by atoms with Gasteiger partial charge in [0.15, 0.2) is 12.2 Å². The Kier molecular flexibility index (Phi) is 7.87. The fourth-order valence-electron chi connectivity index (χ4n) is 12.3. The number of likely N-dealkylation sites (tertiary alicyclic amines) is 2. The van der Waals surface area contributed by atoms with Gasteiger partial charge in [-0.2, -0.15) is 0 Å². The predicted molar refractivity (Wildman–Crippen MR) is 161 cm³/mol. The van der Waals surface area contributed by atoms with Gasteiger partial charge in [0.1, 0.15) is 12.1 Å². The zero-order chi connectivity index (χ0) is 29.2. The first kappa shape index (κ1) is 29.9. The summed E-state index contributed by atoms with van der Waals surface area (Å²) in [5.74, 6) is 2.52. The molecule has 6 rings (SSSR count). The van der Waals surface area contributed by atoms with Crippen LogP contribution in [0.15, 0.2) is 0 Å². The third kappa shape index (κ3) is 4.99. The summed E-state index contributed by atoms with van der Waals surface area (Å²) in [4.78, 5) is 24.8. The van der Waals surface area contributed by atoms with E-state index in [0.29, 0.717) is 35.3 Å². The standard InChI is InChI=1S/C35H60N2O4/c1-24(38)40-32-21-26-13-14-27-28(35(26,4)23-31(32)37(6)19-11-8-12-20-37)15-16-34(3)29(27)22-30(33(34)41-25(2)39)36(5)17-9-7-10-18-36/h26-33H,7-23H2,1-6H3/q+2/t26-,27+,28+,29+,30+,31-,32-,33+,34-,35-/m0/s1. The third-order valence-electron chi connectivity index (χ3n) is 14.5. The Bertz CT molecular complexity index is 1000. The molecule has 0 unspecified atom stereocenters. The lowest BCUT2D eigenvalue weighted by atomic mass is 9.44. The summed E-state index contributed by atoms with van der Waals surface area (Å²) >= 11 is 0. The van der Waals surface area contributed by atoms with Gasteiger partial charge in [0.25, 0.3) is 0 Å². The van der Waals surface area contributed by atoms with Crippen molar-refractivity contribution >= 4 is 11.9 Å². The minimum atomic E-state index is -0.0998. The van der Waals surface area contributed by atoms with Crippen LogP contribution in [0, 0.1) is 34.5 Å². The number of esters is 2. The van der Waals surface area contributed by atoms with E-state index in [1.807, 2.05) is 0 Å². The van der Waals surface area contributed by atoms with Crippen LogP contribution in [-0.4, -0.2) is 85.5 Å². The van der Waals surface area contributed by atoms with E-state index in [1.54, 1.807) is 13.8 Å². The van der Waals surface area contributed by atoms with Crippen LogP contribution < -0.4 is 0 Å². The molecule has 41 heavy (non-hydrogen) atoms. The van der Waals surface area contributed by atoms with Gasteiger partial charge in [-0.3, -0.25) is 9.59 Å². The summed E-state index contributed by atoms with van der Waals surface area (Å²) in [6.07, 6.45) is 16.4. The number of nitrogens with zero attached hydrogens (tertiary/aromatic N) is 2. The van der Waals surface area contributed by atoms with Crippen LogP contribution in [0.1, 0.15) is 111 Å². The van der Waals surface area contributed by atoms with E-state index >= 15 is 0 Å². The van der Waals surface area contributed by atoms with Gasteiger partial charge < -0.3 is 18.4 Å². The van der Waals surface area contributed by atoms with E-state index in [0.717, 1.165) is 21.3 Å². The number of quaternary nitrogens is 2. The maximum atomic E-state index is 12.5. The van der Waals surface area contributed by atoms with Gasteiger partial charge in [-0.05, 0) is 99.7 Å². The molecular weight excluding hydrogens is 512 g/mol. The molecule has 232 valence electrons. The molecular formula is C35H60N2O4+2. The Hall–Kier alpha value is -1.14. The molecule has 2 saturated heterocycles. The topological polar surface area (TPSA) is 52.6 Å².